The van der Waals surface area contributed by atoms with E-state index in [4.69, 9.17) is 4.74 Å². The van der Waals surface area contributed by atoms with E-state index in [0.29, 0.717) is 15.7 Å². The molecule has 8 heteroatoms. The fraction of sp³-hybridized carbons (Fsp3) is 0.158. The predicted molar refractivity (Wildman–Crippen MR) is 98.1 cm³/mol. The normalized spacial score (nSPS) is 10.2. The molecular formula is C19H15F2N3O2S. The van der Waals surface area contributed by atoms with Crippen LogP contribution in [0, 0.1) is 30.4 Å². The molecule has 0 saturated heterocycles. The minimum atomic E-state index is -0.788. The van der Waals surface area contributed by atoms with E-state index in [0.717, 1.165) is 12.1 Å². The monoisotopic (exact) mass is 387 g/mol. The van der Waals surface area contributed by atoms with Crippen molar-refractivity contribution in [3.63, 3.8) is 0 Å². The lowest BCUT2D eigenvalue weighted by atomic mass is 10.3. The summed E-state index contributed by atoms with van der Waals surface area (Å²) in [4.78, 5) is 17.1. The maximum Gasteiger partial charge on any atom is 0.264 e. The van der Waals surface area contributed by atoms with Crippen LogP contribution in [0.5, 0.6) is 5.75 Å². The van der Waals surface area contributed by atoms with Crippen molar-refractivity contribution in [3.8, 4) is 22.7 Å². The Bertz CT molecular complexity index is 1000. The van der Waals surface area contributed by atoms with Crippen LogP contribution in [0.25, 0.3) is 5.13 Å². The average Bonchev–Trinajstić information content (AvgIpc) is 3.29. The number of aryl methyl sites for hydroxylation is 1. The van der Waals surface area contributed by atoms with Gasteiger partial charge >= 0.3 is 0 Å². The Labute approximate surface area is 158 Å². The number of halogens is 2. The summed E-state index contributed by atoms with van der Waals surface area (Å²) < 4.78 is 33.1. The van der Waals surface area contributed by atoms with Crippen LogP contribution in [0.4, 0.5) is 8.78 Å². The number of aromatic nitrogens is 2. The quantitative estimate of drug-likeness (QED) is 0.684. The number of nitrogens with one attached hydrogen (secondary N) is 1. The number of ether oxygens (including phenoxy) is 1. The first-order valence-electron chi connectivity index (χ1n) is 7.97. The van der Waals surface area contributed by atoms with Crippen molar-refractivity contribution in [2.24, 2.45) is 0 Å². The highest BCUT2D eigenvalue weighted by Gasteiger charge is 2.15. The summed E-state index contributed by atoms with van der Waals surface area (Å²) in [6.45, 7) is 1.81. The number of hydrogen-bond donors (Lipinski definition) is 1. The third kappa shape index (κ3) is 4.71. The second-order valence-electron chi connectivity index (χ2n) is 5.40. The van der Waals surface area contributed by atoms with Gasteiger partial charge in [-0.1, -0.05) is 23.2 Å². The minimum absolute atomic E-state index is 0.0736. The van der Waals surface area contributed by atoms with Crippen molar-refractivity contribution >= 4 is 17.2 Å². The molecule has 1 N–H and O–H groups in total. The first kappa shape index (κ1) is 18.6. The Kier molecular flexibility index (Phi) is 5.84. The molecule has 0 aliphatic carbocycles. The van der Waals surface area contributed by atoms with Gasteiger partial charge in [-0.25, -0.2) is 13.8 Å². The SMILES string of the molecule is Cc1nc(-n2cccc2)sc1C(=O)NCC#CCOc1ccc(F)cc1F. The molecule has 3 rings (SSSR count). The number of carbonyl (C=O) groups is 1. The van der Waals surface area contributed by atoms with E-state index in [1.165, 1.54) is 17.4 Å². The molecule has 2 aromatic heterocycles. The van der Waals surface area contributed by atoms with E-state index in [2.05, 4.69) is 22.1 Å². The number of carbonyl (C=O) groups excluding carboxylic acids is 1. The Hall–Kier alpha value is -3.18. The highest BCUT2D eigenvalue weighted by atomic mass is 32.1. The highest BCUT2D eigenvalue weighted by molar-refractivity contribution is 7.16. The highest BCUT2D eigenvalue weighted by Crippen LogP contribution is 2.21. The van der Waals surface area contributed by atoms with Crippen molar-refractivity contribution in [2.75, 3.05) is 13.2 Å². The standard InChI is InChI=1S/C19H15F2N3O2S/c1-13-17(27-19(23-13)24-9-3-4-10-24)18(25)22-8-2-5-11-26-16-7-6-14(20)12-15(16)21/h3-4,6-7,9-10,12H,8,11H2,1H3,(H,22,25). The summed E-state index contributed by atoms with van der Waals surface area (Å²) in [6.07, 6.45) is 3.71. The predicted octanol–water partition coefficient (Wildman–Crippen LogP) is 3.33. The lowest BCUT2D eigenvalue weighted by Gasteiger charge is -2.02. The molecular weight excluding hydrogens is 372 g/mol. The first-order valence-corrected chi connectivity index (χ1v) is 8.79. The summed E-state index contributed by atoms with van der Waals surface area (Å²) in [6, 6.07) is 6.80. The molecule has 0 unspecified atom stereocenters. The summed E-state index contributed by atoms with van der Waals surface area (Å²) >= 11 is 1.29. The van der Waals surface area contributed by atoms with Crippen molar-refractivity contribution in [1.82, 2.24) is 14.9 Å². The van der Waals surface area contributed by atoms with Gasteiger partial charge < -0.3 is 14.6 Å². The zero-order chi connectivity index (χ0) is 19.2. The second kappa shape index (κ2) is 8.47. The van der Waals surface area contributed by atoms with Crippen molar-refractivity contribution in [1.29, 1.82) is 0 Å². The summed E-state index contributed by atoms with van der Waals surface area (Å²) in [5.41, 5.74) is 0.643. The zero-order valence-electron chi connectivity index (χ0n) is 14.3. The lowest BCUT2D eigenvalue weighted by Crippen LogP contribution is -2.23. The van der Waals surface area contributed by atoms with E-state index < -0.39 is 11.6 Å². The molecule has 0 atom stereocenters. The van der Waals surface area contributed by atoms with E-state index in [9.17, 15) is 13.6 Å². The number of thiazole rings is 1. The molecule has 0 radical (unpaired) electrons. The topological polar surface area (TPSA) is 56.2 Å². The van der Waals surface area contributed by atoms with E-state index in [1.54, 1.807) is 6.92 Å². The van der Waals surface area contributed by atoms with Gasteiger partial charge in [0.2, 0.25) is 0 Å². The van der Waals surface area contributed by atoms with Gasteiger partial charge in [-0.3, -0.25) is 4.79 Å². The largest absolute Gasteiger partial charge is 0.478 e. The number of nitrogens with zero attached hydrogens (tertiary/aromatic N) is 2. The van der Waals surface area contributed by atoms with Crippen LogP contribution >= 0.6 is 11.3 Å². The molecule has 0 spiro atoms. The molecule has 3 aromatic rings. The number of rotatable bonds is 5. The van der Waals surface area contributed by atoms with Crippen LogP contribution in [0.3, 0.4) is 0 Å². The van der Waals surface area contributed by atoms with Crippen LogP contribution in [0.1, 0.15) is 15.4 Å². The van der Waals surface area contributed by atoms with Gasteiger partial charge in [-0.2, -0.15) is 0 Å². The van der Waals surface area contributed by atoms with Crippen molar-refractivity contribution < 1.29 is 18.3 Å². The van der Waals surface area contributed by atoms with E-state index in [-0.39, 0.29) is 24.8 Å². The van der Waals surface area contributed by atoms with Crippen LogP contribution < -0.4 is 10.1 Å². The van der Waals surface area contributed by atoms with Gasteiger partial charge in [0.1, 0.15) is 17.3 Å². The smallest absolute Gasteiger partial charge is 0.264 e. The first-order chi connectivity index (χ1) is 13.0. The molecule has 2 heterocycles. The molecule has 0 aliphatic rings. The van der Waals surface area contributed by atoms with E-state index >= 15 is 0 Å². The zero-order valence-corrected chi connectivity index (χ0v) is 15.1. The second-order valence-corrected chi connectivity index (χ2v) is 6.38. The maximum absolute atomic E-state index is 13.4. The van der Waals surface area contributed by atoms with Crippen LogP contribution in [-0.4, -0.2) is 28.6 Å². The van der Waals surface area contributed by atoms with Gasteiger partial charge in [-0.05, 0) is 31.2 Å². The molecule has 0 fully saturated rings. The van der Waals surface area contributed by atoms with Gasteiger partial charge in [0.15, 0.2) is 16.7 Å². The van der Waals surface area contributed by atoms with Crippen LogP contribution in [-0.2, 0) is 0 Å². The molecule has 1 amide bonds. The van der Waals surface area contributed by atoms with E-state index in [1.807, 2.05) is 29.1 Å². The fourth-order valence-corrected chi connectivity index (χ4v) is 3.14. The third-order valence-corrected chi connectivity index (χ3v) is 4.64. The lowest BCUT2D eigenvalue weighted by molar-refractivity contribution is 0.0962. The summed E-state index contributed by atoms with van der Waals surface area (Å²) in [5.74, 6) is 3.58. The summed E-state index contributed by atoms with van der Waals surface area (Å²) in [7, 11) is 0. The average molecular weight is 387 g/mol. The Morgan fingerprint density at radius 3 is 2.81 bits per heavy atom. The van der Waals surface area contributed by atoms with Gasteiger partial charge in [0.25, 0.3) is 5.91 Å². The number of benzene rings is 1. The third-order valence-electron chi connectivity index (χ3n) is 3.47. The number of hydrogen-bond acceptors (Lipinski definition) is 4. The Morgan fingerprint density at radius 2 is 2.07 bits per heavy atom. The Balaban J connectivity index is 1.50. The summed E-state index contributed by atoms with van der Waals surface area (Å²) in [5, 5.41) is 3.40. The van der Waals surface area contributed by atoms with Gasteiger partial charge in [-0.15, -0.1) is 0 Å². The molecule has 0 saturated carbocycles. The molecule has 0 aliphatic heterocycles. The molecule has 0 bridgehead atoms. The fourth-order valence-electron chi connectivity index (χ4n) is 2.19. The number of amides is 1. The molecule has 27 heavy (non-hydrogen) atoms. The van der Waals surface area contributed by atoms with Gasteiger partial charge in [0.05, 0.1) is 12.2 Å². The van der Waals surface area contributed by atoms with Gasteiger partial charge in [0, 0.05) is 18.5 Å². The van der Waals surface area contributed by atoms with Crippen LogP contribution in [0.2, 0.25) is 0 Å². The van der Waals surface area contributed by atoms with Crippen molar-refractivity contribution in [2.45, 2.75) is 6.92 Å². The molecule has 138 valence electrons. The minimum Gasteiger partial charge on any atom is -0.478 e. The molecule has 1 aromatic carbocycles. The van der Waals surface area contributed by atoms with Crippen LogP contribution in [0.15, 0.2) is 42.7 Å². The van der Waals surface area contributed by atoms with Crippen molar-refractivity contribution in [3.05, 3.63) is 64.9 Å². The Morgan fingerprint density at radius 1 is 1.30 bits per heavy atom. The molecule has 5 nitrogen and oxygen atoms in total. The maximum atomic E-state index is 13.4.